The Hall–Kier alpha value is -3.01. The largest absolute Gasteiger partial charge is 0.432 e. The van der Waals surface area contributed by atoms with Gasteiger partial charge in [0.15, 0.2) is 0 Å². The van der Waals surface area contributed by atoms with Gasteiger partial charge < -0.3 is 10.5 Å². The summed E-state index contributed by atoms with van der Waals surface area (Å²) in [6.07, 6.45) is -0.118. The number of hydrogen-bond donors (Lipinski definition) is 1. The van der Waals surface area contributed by atoms with Gasteiger partial charge in [0.05, 0.1) is 10.7 Å². The van der Waals surface area contributed by atoms with Crippen LogP contribution in [0, 0.1) is 0 Å². The van der Waals surface area contributed by atoms with Crippen LogP contribution in [0.15, 0.2) is 35.1 Å². The molecule has 2 heterocycles. The summed E-state index contributed by atoms with van der Waals surface area (Å²) in [5.74, 6) is -0.0895. The van der Waals surface area contributed by atoms with Crippen LogP contribution in [0.4, 0.5) is 13.8 Å². The molecule has 10 heteroatoms. The van der Waals surface area contributed by atoms with Crippen molar-refractivity contribution in [3.05, 3.63) is 51.3 Å². The van der Waals surface area contributed by atoms with E-state index in [1.165, 1.54) is 30.5 Å². The molecule has 0 unspecified atom stereocenters. The van der Waals surface area contributed by atoms with E-state index in [0.29, 0.717) is 11.9 Å². The van der Waals surface area contributed by atoms with Crippen LogP contribution in [0.1, 0.15) is 17.4 Å². The predicted octanol–water partition coefficient (Wildman–Crippen LogP) is 2.77. The molecule has 0 fully saturated rings. The maximum Gasteiger partial charge on any atom is 0.394 e. The molecule has 2 N–H and O–H groups in total. The van der Waals surface area contributed by atoms with Crippen molar-refractivity contribution in [2.24, 2.45) is 7.05 Å². The molecule has 0 atom stereocenters. The molecular weight excluding hydrogens is 364 g/mol. The van der Waals surface area contributed by atoms with Crippen LogP contribution >= 0.6 is 11.3 Å². The number of tetrazole rings is 1. The summed E-state index contributed by atoms with van der Waals surface area (Å²) in [5.41, 5.74) is 5.72. The van der Waals surface area contributed by atoms with Crippen LogP contribution in [0.3, 0.4) is 0 Å². The SMILES string of the molecule is Cn1nnn(-c2cccc(OC(C)(F)F)c2/C=C/c2ccc(N)s2)c1=O. The quantitative estimate of drug-likeness (QED) is 0.736. The first-order valence-electron chi connectivity index (χ1n) is 7.47. The van der Waals surface area contributed by atoms with Crippen molar-refractivity contribution in [3.63, 3.8) is 0 Å². The number of alkyl halides is 2. The van der Waals surface area contributed by atoms with E-state index < -0.39 is 11.8 Å². The maximum atomic E-state index is 13.4. The second-order valence-electron chi connectivity index (χ2n) is 5.47. The molecule has 26 heavy (non-hydrogen) atoms. The molecular formula is C16H15F2N5O2S. The highest BCUT2D eigenvalue weighted by atomic mass is 32.1. The zero-order chi connectivity index (χ0) is 18.9. The number of nitrogens with two attached hydrogens (primary N) is 1. The Kier molecular flexibility index (Phi) is 4.60. The lowest BCUT2D eigenvalue weighted by atomic mass is 10.1. The van der Waals surface area contributed by atoms with Gasteiger partial charge in [0.2, 0.25) is 0 Å². The first kappa shape index (κ1) is 17.8. The molecule has 0 saturated carbocycles. The molecule has 136 valence electrons. The summed E-state index contributed by atoms with van der Waals surface area (Å²) in [6.45, 7) is 0.641. The molecule has 0 radical (unpaired) electrons. The summed E-state index contributed by atoms with van der Waals surface area (Å²) in [6, 6.07) is 7.99. The number of halogens is 2. The lowest BCUT2D eigenvalue weighted by Crippen LogP contribution is -2.23. The van der Waals surface area contributed by atoms with Crippen molar-refractivity contribution >= 4 is 28.5 Å². The number of nitrogen functional groups attached to an aromatic ring is 1. The summed E-state index contributed by atoms with van der Waals surface area (Å²) >= 11 is 1.34. The number of aryl methyl sites for hydroxylation is 1. The second kappa shape index (κ2) is 6.71. The highest BCUT2D eigenvalue weighted by Gasteiger charge is 2.25. The monoisotopic (exact) mass is 379 g/mol. The van der Waals surface area contributed by atoms with Gasteiger partial charge in [-0.2, -0.15) is 18.1 Å². The normalized spacial score (nSPS) is 12.0. The zero-order valence-electron chi connectivity index (χ0n) is 13.9. The van der Waals surface area contributed by atoms with Gasteiger partial charge in [-0.1, -0.05) is 6.07 Å². The van der Waals surface area contributed by atoms with Crippen molar-refractivity contribution in [3.8, 4) is 11.4 Å². The van der Waals surface area contributed by atoms with E-state index in [9.17, 15) is 13.6 Å². The molecule has 0 bridgehead atoms. The molecule has 0 saturated heterocycles. The molecule has 2 aromatic heterocycles. The van der Waals surface area contributed by atoms with Crippen molar-refractivity contribution in [1.82, 2.24) is 19.8 Å². The van der Waals surface area contributed by atoms with E-state index in [0.717, 1.165) is 14.2 Å². The number of ether oxygens (including phenoxy) is 1. The lowest BCUT2D eigenvalue weighted by molar-refractivity contribution is -0.159. The fourth-order valence-electron chi connectivity index (χ4n) is 2.25. The summed E-state index contributed by atoms with van der Waals surface area (Å²) < 4.78 is 33.6. The molecule has 0 aliphatic rings. The summed E-state index contributed by atoms with van der Waals surface area (Å²) in [5, 5.41) is 8.04. The molecule has 0 amide bonds. The average Bonchev–Trinajstić information content (AvgIpc) is 3.11. The number of benzene rings is 1. The molecule has 3 aromatic rings. The highest BCUT2D eigenvalue weighted by molar-refractivity contribution is 7.16. The molecule has 7 nitrogen and oxygen atoms in total. The molecule has 1 aromatic carbocycles. The Morgan fingerprint density at radius 1 is 1.23 bits per heavy atom. The summed E-state index contributed by atoms with van der Waals surface area (Å²) in [7, 11) is 1.44. The van der Waals surface area contributed by atoms with Crippen LogP contribution in [-0.2, 0) is 7.05 Å². The molecule has 0 spiro atoms. The lowest BCUT2D eigenvalue weighted by Gasteiger charge is -2.16. The van der Waals surface area contributed by atoms with Crippen LogP contribution in [0.2, 0.25) is 0 Å². The Morgan fingerprint density at radius 3 is 2.58 bits per heavy atom. The minimum absolute atomic E-state index is 0.0895. The topological polar surface area (TPSA) is 88.0 Å². The fraction of sp³-hybridized carbons (Fsp3) is 0.188. The van der Waals surface area contributed by atoms with Gasteiger partial charge in [-0.25, -0.2) is 4.79 Å². The molecule has 0 aliphatic carbocycles. The first-order chi connectivity index (χ1) is 12.2. The van der Waals surface area contributed by atoms with Crippen LogP contribution in [-0.4, -0.2) is 25.9 Å². The zero-order valence-corrected chi connectivity index (χ0v) is 14.7. The molecule has 3 rings (SSSR count). The van der Waals surface area contributed by atoms with Gasteiger partial charge in [0.25, 0.3) is 0 Å². The van der Waals surface area contributed by atoms with Crippen LogP contribution in [0.25, 0.3) is 17.8 Å². The Balaban J connectivity index is 2.14. The average molecular weight is 379 g/mol. The third-order valence-electron chi connectivity index (χ3n) is 3.34. The van der Waals surface area contributed by atoms with Crippen LogP contribution < -0.4 is 16.2 Å². The van der Waals surface area contributed by atoms with Crippen molar-refractivity contribution in [2.45, 2.75) is 13.0 Å². The molecule has 0 aliphatic heterocycles. The van der Waals surface area contributed by atoms with E-state index in [1.807, 2.05) is 0 Å². The Morgan fingerprint density at radius 2 is 2.00 bits per heavy atom. The van der Waals surface area contributed by atoms with Gasteiger partial charge in [0.1, 0.15) is 5.75 Å². The first-order valence-corrected chi connectivity index (χ1v) is 8.29. The van der Waals surface area contributed by atoms with Crippen molar-refractivity contribution in [1.29, 1.82) is 0 Å². The number of hydrogen-bond acceptors (Lipinski definition) is 6. The number of nitrogens with zero attached hydrogens (tertiary/aromatic N) is 4. The number of rotatable bonds is 5. The Labute approximate surface area is 150 Å². The van der Waals surface area contributed by atoms with E-state index in [2.05, 4.69) is 10.4 Å². The standard InChI is InChI=1S/C16H15F2N5O2S/c1-16(17,18)25-13-5-3-4-12(23-15(24)22(2)20-21-23)11(13)8-6-10-7-9-14(19)26-10/h3-9H,19H2,1-2H3/b8-6+. The third kappa shape index (κ3) is 3.80. The van der Waals surface area contributed by atoms with Gasteiger partial charge in [-0.15, -0.1) is 11.3 Å². The van der Waals surface area contributed by atoms with Crippen LogP contribution in [0.5, 0.6) is 5.75 Å². The minimum Gasteiger partial charge on any atom is -0.432 e. The highest BCUT2D eigenvalue weighted by Crippen LogP contribution is 2.31. The second-order valence-corrected chi connectivity index (χ2v) is 6.62. The van der Waals surface area contributed by atoms with Gasteiger partial charge in [-0.05, 0) is 46.8 Å². The number of anilines is 1. The van der Waals surface area contributed by atoms with E-state index in [4.69, 9.17) is 10.5 Å². The predicted molar refractivity (Wildman–Crippen MR) is 95.5 cm³/mol. The van der Waals surface area contributed by atoms with E-state index >= 15 is 0 Å². The third-order valence-corrected chi connectivity index (χ3v) is 4.22. The minimum atomic E-state index is -3.39. The van der Waals surface area contributed by atoms with Gasteiger partial charge >= 0.3 is 11.8 Å². The van der Waals surface area contributed by atoms with E-state index in [1.54, 1.807) is 30.4 Å². The van der Waals surface area contributed by atoms with Crippen molar-refractivity contribution < 1.29 is 13.5 Å². The summed E-state index contributed by atoms with van der Waals surface area (Å²) in [4.78, 5) is 13.0. The van der Waals surface area contributed by atoms with Gasteiger partial charge in [-0.3, -0.25) is 0 Å². The van der Waals surface area contributed by atoms with Gasteiger partial charge in [0, 0.05) is 24.4 Å². The maximum absolute atomic E-state index is 13.4. The van der Waals surface area contributed by atoms with E-state index in [-0.39, 0.29) is 17.0 Å². The fourth-order valence-corrected chi connectivity index (χ4v) is 2.94. The Bertz CT molecular complexity index is 1020. The number of aromatic nitrogens is 4. The number of thiophene rings is 1. The van der Waals surface area contributed by atoms with Crippen molar-refractivity contribution in [2.75, 3.05) is 5.73 Å². The smallest absolute Gasteiger partial charge is 0.394 e.